The number of nitrogens with two attached hydrogens (primary N) is 1. The molecule has 1 aliphatic carbocycles. The van der Waals surface area contributed by atoms with Crippen molar-refractivity contribution >= 4 is 5.91 Å². The number of rotatable bonds is 2. The maximum Gasteiger partial charge on any atom is 0.272 e. The van der Waals surface area contributed by atoms with E-state index in [4.69, 9.17) is 5.73 Å². The first-order valence-electron chi connectivity index (χ1n) is 7.35. The zero-order valence-electron chi connectivity index (χ0n) is 12.2. The molecule has 0 aromatic carbocycles. The minimum absolute atomic E-state index is 0.00859. The molecule has 2 fully saturated rings. The quantitative estimate of drug-likeness (QED) is 0.888. The summed E-state index contributed by atoms with van der Waals surface area (Å²) in [6.07, 6.45) is 4.83. The SMILES string of the molecule is CC1(C)CN(C(=O)c2ccnc(C3CC3)n2)CCC1N. The van der Waals surface area contributed by atoms with Gasteiger partial charge >= 0.3 is 0 Å². The van der Waals surface area contributed by atoms with Crippen LogP contribution in [0.5, 0.6) is 0 Å². The van der Waals surface area contributed by atoms with Crippen LogP contribution in [0.25, 0.3) is 0 Å². The summed E-state index contributed by atoms with van der Waals surface area (Å²) >= 11 is 0. The highest BCUT2D eigenvalue weighted by Gasteiger charge is 2.36. The monoisotopic (exact) mass is 274 g/mol. The van der Waals surface area contributed by atoms with Gasteiger partial charge in [-0.1, -0.05) is 13.8 Å². The Morgan fingerprint density at radius 1 is 1.40 bits per heavy atom. The highest BCUT2D eigenvalue weighted by molar-refractivity contribution is 5.92. The first kappa shape index (κ1) is 13.5. The molecule has 5 nitrogen and oxygen atoms in total. The minimum atomic E-state index is -0.0414. The Morgan fingerprint density at radius 3 is 2.80 bits per heavy atom. The number of likely N-dealkylation sites (tertiary alicyclic amines) is 1. The highest BCUT2D eigenvalue weighted by Crippen LogP contribution is 2.37. The fourth-order valence-corrected chi connectivity index (χ4v) is 2.74. The Labute approximate surface area is 119 Å². The molecule has 20 heavy (non-hydrogen) atoms. The Kier molecular flexibility index (Phi) is 3.24. The molecule has 1 aromatic heterocycles. The van der Waals surface area contributed by atoms with Gasteiger partial charge in [0.15, 0.2) is 0 Å². The molecule has 1 saturated carbocycles. The van der Waals surface area contributed by atoms with Crippen molar-refractivity contribution in [2.45, 2.75) is 45.1 Å². The summed E-state index contributed by atoms with van der Waals surface area (Å²) in [5.74, 6) is 1.30. The van der Waals surface area contributed by atoms with Crippen LogP contribution in [0.2, 0.25) is 0 Å². The van der Waals surface area contributed by atoms with Crippen LogP contribution in [0.15, 0.2) is 12.3 Å². The largest absolute Gasteiger partial charge is 0.337 e. The van der Waals surface area contributed by atoms with Crippen molar-refractivity contribution in [3.63, 3.8) is 0 Å². The summed E-state index contributed by atoms with van der Waals surface area (Å²) in [5.41, 5.74) is 6.60. The van der Waals surface area contributed by atoms with Crippen molar-refractivity contribution in [2.24, 2.45) is 11.1 Å². The molecule has 1 aliphatic heterocycles. The zero-order valence-corrected chi connectivity index (χ0v) is 12.2. The minimum Gasteiger partial charge on any atom is -0.337 e. The van der Waals surface area contributed by atoms with E-state index in [1.807, 2.05) is 4.90 Å². The molecule has 2 heterocycles. The van der Waals surface area contributed by atoms with Gasteiger partial charge in [-0.15, -0.1) is 0 Å². The van der Waals surface area contributed by atoms with E-state index >= 15 is 0 Å². The van der Waals surface area contributed by atoms with E-state index in [1.165, 1.54) is 0 Å². The number of hydrogen-bond acceptors (Lipinski definition) is 4. The molecule has 5 heteroatoms. The number of amides is 1. The molecule has 1 aromatic rings. The molecular weight excluding hydrogens is 252 g/mol. The fourth-order valence-electron chi connectivity index (χ4n) is 2.74. The van der Waals surface area contributed by atoms with Crippen LogP contribution in [0.3, 0.4) is 0 Å². The molecule has 2 aliphatic rings. The summed E-state index contributed by atoms with van der Waals surface area (Å²) in [6, 6.07) is 1.87. The molecule has 108 valence electrons. The second kappa shape index (κ2) is 4.81. The standard InChI is InChI=1S/C15H22N4O/c1-15(2)9-19(8-6-12(15)16)14(20)11-5-7-17-13(18-11)10-3-4-10/h5,7,10,12H,3-4,6,8-9,16H2,1-2H3. The van der Waals surface area contributed by atoms with Crippen molar-refractivity contribution < 1.29 is 4.79 Å². The van der Waals surface area contributed by atoms with Gasteiger partial charge in [-0.3, -0.25) is 4.79 Å². The van der Waals surface area contributed by atoms with Crippen LogP contribution in [0, 0.1) is 5.41 Å². The lowest BCUT2D eigenvalue weighted by atomic mass is 9.79. The second-order valence-electron chi connectivity index (χ2n) is 6.68. The predicted octanol–water partition coefficient (Wildman–Crippen LogP) is 1.55. The van der Waals surface area contributed by atoms with Crippen LogP contribution < -0.4 is 5.73 Å². The van der Waals surface area contributed by atoms with E-state index < -0.39 is 0 Å². The molecular formula is C15H22N4O. The first-order chi connectivity index (χ1) is 9.47. The molecule has 1 saturated heterocycles. The Balaban J connectivity index is 1.77. The lowest BCUT2D eigenvalue weighted by Gasteiger charge is -2.42. The Hall–Kier alpha value is -1.49. The second-order valence-corrected chi connectivity index (χ2v) is 6.68. The lowest BCUT2D eigenvalue weighted by molar-refractivity contribution is 0.0527. The maximum absolute atomic E-state index is 12.6. The van der Waals surface area contributed by atoms with Gasteiger partial charge in [0.2, 0.25) is 0 Å². The van der Waals surface area contributed by atoms with E-state index in [1.54, 1.807) is 12.3 Å². The third-order valence-corrected chi connectivity index (χ3v) is 4.44. The highest BCUT2D eigenvalue weighted by atomic mass is 16.2. The van der Waals surface area contributed by atoms with Gasteiger partial charge in [0.1, 0.15) is 11.5 Å². The smallest absolute Gasteiger partial charge is 0.272 e. The van der Waals surface area contributed by atoms with Crippen LogP contribution in [0.1, 0.15) is 55.3 Å². The van der Waals surface area contributed by atoms with Gasteiger partial charge in [-0.25, -0.2) is 9.97 Å². The van der Waals surface area contributed by atoms with Crippen molar-refractivity contribution in [1.82, 2.24) is 14.9 Å². The van der Waals surface area contributed by atoms with Crippen LogP contribution in [0.4, 0.5) is 0 Å². The normalized spacial score (nSPS) is 25.6. The Morgan fingerprint density at radius 2 is 2.15 bits per heavy atom. The molecule has 0 bridgehead atoms. The van der Waals surface area contributed by atoms with E-state index in [2.05, 4.69) is 23.8 Å². The number of nitrogens with zero attached hydrogens (tertiary/aromatic N) is 3. The molecule has 1 atom stereocenters. The molecule has 2 N–H and O–H groups in total. The topological polar surface area (TPSA) is 72.1 Å². The Bertz CT molecular complexity index is 524. The molecule has 0 spiro atoms. The van der Waals surface area contributed by atoms with Gasteiger partial charge in [0, 0.05) is 31.2 Å². The van der Waals surface area contributed by atoms with Crippen molar-refractivity contribution in [3.8, 4) is 0 Å². The van der Waals surface area contributed by atoms with E-state index in [-0.39, 0.29) is 17.4 Å². The number of aromatic nitrogens is 2. The summed E-state index contributed by atoms with van der Waals surface area (Å²) < 4.78 is 0. The van der Waals surface area contributed by atoms with Crippen LogP contribution in [-0.2, 0) is 0 Å². The number of hydrogen-bond donors (Lipinski definition) is 1. The van der Waals surface area contributed by atoms with Gasteiger partial charge < -0.3 is 10.6 Å². The van der Waals surface area contributed by atoms with Crippen molar-refractivity contribution in [3.05, 3.63) is 23.8 Å². The third kappa shape index (κ3) is 2.54. The third-order valence-electron chi connectivity index (χ3n) is 4.44. The molecule has 1 amide bonds. The van der Waals surface area contributed by atoms with Gasteiger partial charge in [-0.2, -0.15) is 0 Å². The summed E-state index contributed by atoms with van der Waals surface area (Å²) in [4.78, 5) is 23.2. The van der Waals surface area contributed by atoms with Crippen molar-refractivity contribution in [1.29, 1.82) is 0 Å². The fraction of sp³-hybridized carbons (Fsp3) is 0.667. The zero-order chi connectivity index (χ0) is 14.3. The number of carbonyl (C=O) groups is 1. The summed E-state index contributed by atoms with van der Waals surface area (Å²) in [5, 5.41) is 0. The predicted molar refractivity (Wildman–Crippen MR) is 76.3 cm³/mol. The lowest BCUT2D eigenvalue weighted by Crippen LogP contribution is -2.54. The van der Waals surface area contributed by atoms with E-state index in [0.717, 1.165) is 25.1 Å². The maximum atomic E-state index is 12.6. The van der Waals surface area contributed by atoms with E-state index in [9.17, 15) is 4.79 Å². The molecule has 3 rings (SSSR count). The van der Waals surface area contributed by atoms with Crippen molar-refractivity contribution in [2.75, 3.05) is 13.1 Å². The van der Waals surface area contributed by atoms with Gasteiger partial charge in [0.25, 0.3) is 5.91 Å². The van der Waals surface area contributed by atoms with Gasteiger partial charge in [-0.05, 0) is 30.7 Å². The van der Waals surface area contributed by atoms with E-state index in [0.29, 0.717) is 24.7 Å². The average Bonchev–Trinajstić information content (AvgIpc) is 3.25. The molecule has 0 radical (unpaired) electrons. The number of piperidine rings is 1. The van der Waals surface area contributed by atoms with Crippen LogP contribution in [-0.4, -0.2) is 39.9 Å². The van der Waals surface area contributed by atoms with Crippen LogP contribution >= 0.6 is 0 Å². The number of carbonyl (C=O) groups excluding carboxylic acids is 1. The average molecular weight is 274 g/mol. The summed E-state index contributed by atoms with van der Waals surface area (Å²) in [7, 11) is 0. The molecule has 1 unspecified atom stereocenters. The summed E-state index contributed by atoms with van der Waals surface area (Å²) in [6.45, 7) is 5.64. The van der Waals surface area contributed by atoms with Gasteiger partial charge in [0.05, 0.1) is 0 Å². The first-order valence-corrected chi connectivity index (χ1v) is 7.35.